The molecule has 0 bridgehead atoms. The second-order valence-corrected chi connectivity index (χ2v) is 5.71. The highest BCUT2D eigenvalue weighted by molar-refractivity contribution is 5.87. The summed E-state index contributed by atoms with van der Waals surface area (Å²) in [5.41, 5.74) is 1.47. The lowest BCUT2D eigenvalue weighted by Crippen LogP contribution is -2.35. The van der Waals surface area contributed by atoms with Gasteiger partial charge in [0.2, 0.25) is 0 Å². The van der Waals surface area contributed by atoms with Crippen molar-refractivity contribution in [3.05, 3.63) is 66.0 Å². The van der Waals surface area contributed by atoms with Crippen LogP contribution in [0.1, 0.15) is 35.7 Å². The summed E-state index contributed by atoms with van der Waals surface area (Å²) in [7, 11) is 2.10. The lowest BCUT2D eigenvalue weighted by molar-refractivity contribution is 0.0696. The fourth-order valence-corrected chi connectivity index (χ4v) is 2.76. The molecule has 0 amide bonds. The van der Waals surface area contributed by atoms with Crippen LogP contribution >= 0.6 is 0 Å². The third-order valence-corrected chi connectivity index (χ3v) is 4.30. The van der Waals surface area contributed by atoms with Gasteiger partial charge in [-0.15, -0.1) is 0 Å². The first-order chi connectivity index (χ1) is 10.5. The van der Waals surface area contributed by atoms with E-state index in [0.29, 0.717) is 5.56 Å². The number of pyridine rings is 1. The second-order valence-electron chi connectivity index (χ2n) is 5.71. The van der Waals surface area contributed by atoms with Crippen LogP contribution in [-0.2, 0) is 5.54 Å². The van der Waals surface area contributed by atoms with Crippen LogP contribution in [-0.4, -0.2) is 34.6 Å². The molecule has 1 saturated heterocycles. The van der Waals surface area contributed by atoms with Crippen LogP contribution in [0.3, 0.4) is 0 Å². The fourth-order valence-electron chi connectivity index (χ4n) is 2.76. The van der Waals surface area contributed by atoms with Crippen molar-refractivity contribution in [1.82, 2.24) is 9.88 Å². The predicted octanol–water partition coefficient (Wildman–Crippen LogP) is 3.41. The molecule has 1 N–H and O–H groups in total. The molecule has 2 heterocycles. The van der Waals surface area contributed by atoms with Gasteiger partial charge >= 0.3 is 5.97 Å². The molecule has 0 radical (unpaired) electrons. The SMILES string of the molecule is CN1CCCC1(C)c1cccc(C(=O)O)c1.c1ccncc1. The predicted molar refractivity (Wildman–Crippen MR) is 86.9 cm³/mol. The molecule has 22 heavy (non-hydrogen) atoms. The lowest BCUT2D eigenvalue weighted by atomic mass is 9.88. The Morgan fingerprint density at radius 3 is 2.41 bits per heavy atom. The highest BCUT2D eigenvalue weighted by Crippen LogP contribution is 2.37. The van der Waals surface area contributed by atoms with E-state index >= 15 is 0 Å². The first-order valence-electron chi connectivity index (χ1n) is 7.44. The van der Waals surface area contributed by atoms with E-state index in [-0.39, 0.29) is 5.54 Å². The van der Waals surface area contributed by atoms with Crippen molar-refractivity contribution in [2.45, 2.75) is 25.3 Å². The number of nitrogens with zero attached hydrogens (tertiary/aromatic N) is 2. The van der Waals surface area contributed by atoms with Crippen molar-refractivity contribution in [2.75, 3.05) is 13.6 Å². The van der Waals surface area contributed by atoms with Gasteiger partial charge in [0, 0.05) is 17.9 Å². The Morgan fingerprint density at radius 2 is 1.95 bits per heavy atom. The van der Waals surface area contributed by atoms with Crippen molar-refractivity contribution in [3.8, 4) is 0 Å². The first kappa shape index (κ1) is 16.2. The van der Waals surface area contributed by atoms with Gasteiger partial charge in [0.25, 0.3) is 0 Å². The number of carbonyl (C=O) groups is 1. The maximum absolute atomic E-state index is 10.9. The Hall–Kier alpha value is -2.20. The number of carboxylic acid groups (broad SMARTS) is 1. The number of likely N-dealkylation sites (tertiary alicyclic amines) is 1. The minimum Gasteiger partial charge on any atom is -0.478 e. The molecule has 1 fully saturated rings. The molecular weight excluding hydrogens is 276 g/mol. The summed E-state index contributed by atoms with van der Waals surface area (Å²) >= 11 is 0. The lowest BCUT2D eigenvalue weighted by Gasteiger charge is -2.33. The minimum absolute atomic E-state index is 0.00847. The Morgan fingerprint density at radius 1 is 1.23 bits per heavy atom. The highest BCUT2D eigenvalue weighted by atomic mass is 16.4. The van der Waals surface area contributed by atoms with Crippen LogP contribution in [0.2, 0.25) is 0 Å². The third kappa shape index (κ3) is 3.71. The number of carboxylic acids is 1. The minimum atomic E-state index is -0.855. The average Bonchev–Trinajstić information content (AvgIpc) is 2.90. The van der Waals surface area contributed by atoms with E-state index in [2.05, 4.69) is 23.9 Å². The molecule has 3 rings (SSSR count). The molecule has 0 spiro atoms. The van der Waals surface area contributed by atoms with Gasteiger partial charge < -0.3 is 5.11 Å². The van der Waals surface area contributed by atoms with Crippen LogP contribution in [0.5, 0.6) is 0 Å². The molecule has 1 aliphatic rings. The van der Waals surface area contributed by atoms with Gasteiger partial charge in [0.1, 0.15) is 0 Å². The number of hydrogen-bond donors (Lipinski definition) is 1. The van der Waals surface area contributed by atoms with Crippen LogP contribution in [0.15, 0.2) is 54.9 Å². The maximum atomic E-state index is 10.9. The average molecular weight is 298 g/mol. The Labute approximate surface area is 131 Å². The highest BCUT2D eigenvalue weighted by Gasteiger charge is 2.35. The van der Waals surface area contributed by atoms with Gasteiger partial charge in [0.15, 0.2) is 0 Å². The fraction of sp³-hybridized carbons (Fsp3) is 0.333. The van der Waals surface area contributed by atoms with E-state index in [1.54, 1.807) is 24.5 Å². The molecule has 4 nitrogen and oxygen atoms in total. The zero-order valence-electron chi connectivity index (χ0n) is 13.1. The van der Waals surface area contributed by atoms with E-state index < -0.39 is 5.97 Å². The van der Waals surface area contributed by atoms with Gasteiger partial charge in [-0.3, -0.25) is 9.88 Å². The number of benzene rings is 1. The first-order valence-corrected chi connectivity index (χ1v) is 7.44. The Balaban J connectivity index is 0.000000246. The summed E-state index contributed by atoms with van der Waals surface area (Å²) < 4.78 is 0. The summed E-state index contributed by atoms with van der Waals surface area (Å²) in [6, 6.07) is 13.0. The second kappa shape index (κ2) is 7.18. The molecule has 1 unspecified atom stereocenters. The van der Waals surface area contributed by atoms with Crippen LogP contribution in [0.25, 0.3) is 0 Å². The zero-order valence-corrected chi connectivity index (χ0v) is 13.1. The van der Waals surface area contributed by atoms with Crippen molar-refractivity contribution >= 4 is 5.97 Å². The van der Waals surface area contributed by atoms with Gasteiger partial charge in [-0.1, -0.05) is 18.2 Å². The molecule has 0 aliphatic carbocycles. The van der Waals surface area contributed by atoms with E-state index in [4.69, 9.17) is 5.11 Å². The van der Waals surface area contributed by atoms with Crippen molar-refractivity contribution < 1.29 is 9.90 Å². The van der Waals surface area contributed by atoms with Gasteiger partial charge in [-0.05, 0) is 63.2 Å². The largest absolute Gasteiger partial charge is 0.478 e. The Bertz CT molecular complexity index is 589. The third-order valence-electron chi connectivity index (χ3n) is 4.30. The summed E-state index contributed by atoms with van der Waals surface area (Å²) in [5, 5.41) is 8.99. The van der Waals surface area contributed by atoms with Crippen LogP contribution in [0.4, 0.5) is 0 Å². The van der Waals surface area contributed by atoms with Crippen LogP contribution < -0.4 is 0 Å². The summed E-state index contributed by atoms with van der Waals surface area (Å²) in [6.45, 7) is 3.26. The number of aromatic nitrogens is 1. The monoisotopic (exact) mass is 298 g/mol. The number of hydrogen-bond acceptors (Lipinski definition) is 3. The molecule has 1 aromatic heterocycles. The summed E-state index contributed by atoms with van der Waals surface area (Å²) in [4.78, 5) is 17.0. The number of aromatic carboxylic acids is 1. The van der Waals surface area contributed by atoms with Crippen molar-refractivity contribution in [2.24, 2.45) is 0 Å². The molecule has 4 heteroatoms. The van der Waals surface area contributed by atoms with E-state index in [1.807, 2.05) is 30.3 Å². The summed E-state index contributed by atoms with van der Waals surface area (Å²) in [5.74, 6) is -0.855. The molecule has 116 valence electrons. The van der Waals surface area contributed by atoms with E-state index in [1.165, 1.54) is 6.42 Å². The topological polar surface area (TPSA) is 53.4 Å². The van der Waals surface area contributed by atoms with E-state index in [9.17, 15) is 4.79 Å². The van der Waals surface area contributed by atoms with Crippen molar-refractivity contribution in [3.63, 3.8) is 0 Å². The molecule has 2 aromatic rings. The Kier molecular flexibility index (Phi) is 5.28. The molecular formula is C18H22N2O2. The summed E-state index contributed by atoms with van der Waals surface area (Å²) in [6.07, 6.45) is 5.76. The van der Waals surface area contributed by atoms with Gasteiger partial charge in [-0.2, -0.15) is 0 Å². The normalized spacial score (nSPS) is 21.0. The molecule has 1 aliphatic heterocycles. The molecule has 1 atom stereocenters. The van der Waals surface area contributed by atoms with Crippen LogP contribution in [0, 0.1) is 0 Å². The standard InChI is InChI=1S/C13H17NO2.C5H5N/c1-13(7-4-8-14(13)2)11-6-3-5-10(9-11)12(15)16;1-2-4-6-5-3-1/h3,5-6,9H,4,7-8H2,1-2H3,(H,15,16);1-5H. The van der Waals surface area contributed by atoms with Crippen molar-refractivity contribution in [1.29, 1.82) is 0 Å². The smallest absolute Gasteiger partial charge is 0.335 e. The van der Waals surface area contributed by atoms with E-state index in [0.717, 1.165) is 18.5 Å². The molecule has 0 saturated carbocycles. The van der Waals surface area contributed by atoms with Gasteiger partial charge in [0.05, 0.1) is 5.56 Å². The zero-order chi connectivity index (χ0) is 16.0. The maximum Gasteiger partial charge on any atom is 0.335 e. The van der Waals surface area contributed by atoms with Gasteiger partial charge in [-0.25, -0.2) is 4.79 Å². The number of rotatable bonds is 2. The molecule has 1 aromatic carbocycles. The quantitative estimate of drug-likeness (QED) is 0.923.